The summed E-state index contributed by atoms with van der Waals surface area (Å²) in [7, 11) is 0. The van der Waals surface area contributed by atoms with Gasteiger partial charge in [-0.3, -0.25) is 0 Å². The van der Waals surface area contributed by atoms with Crippen molar-refractivity contribution >= 4 is 5.82 Å². The van der Waals surface area contributed by atoms with Gasteiger partial charge >= 0.3 is 0 Å². The predicted molar refractivity (Wildman–Crippen MR) is 84.1 cm³/mol. The number of nitrogens with one attached hydrogen (secondary N) is 1. The van der Waals surface area contributed by atoms with Crippen LogP contribution >= 0.6 is 0 Å². The Hall–Kier alpha value is -1.09. The first-order valence-corrected chi connectivity index (χ1v) is 8.16. The van der Waals surface area contributed by atoms with E-state index in [0.717, 1.165) is 12.6 Å². The number of pyridine rings is 1. The number of anilines is 1. The highest BCUT2D eigenvalue weighted by molar-refractivity contribution is 5.50. The highest BCUT2D eigenvalue weighted by Gasteiger charge is 2.31. The molecular formula is C17H27N3. The quantitative estimate of drug-likeness (QED) is 0.891. The fourth-order valence-corrected chi connectivity index (χ4v) is 3.40. The molecule has 3 heteroatoms. The zero-order valence-electron chi connectivity index (χ0n) is 13.0. The van der Waals surface area contributed by atoms with Crippen molar-refractivity contribution in [3.8, 4) is 0 Å². The Morgan fingerprint density at radius 2 is 2.10 bits per heavy atom. The molecule has 20 heavy (non-hydrogen) atoms. The Kier molecular flexibility index (Phi) is 3.97. The van der Waals surface area contributed by atoms with Crippen molar-refractivity contribution < 1.29 is 0 Å². The molecule has 1 aromatic rings. The van der Waals surface area contributed by atoms with Gasteiger partial charge in [-0.15, -0.1) is 0 Å². The van der Waals surface area contributed by atoms with Gasteiger partial charge in [-0.25, -0.2) is 4.98 Å². The maximum absolute atomic E-state index is 4.79. The Morgan fingerprint density at radius 3 is 2.75 bits per heavy atom. The zero-order valence-corrected chi connectivity index (χ0v) is 13.0. The number of hydrogen-bond donors (Lipinski definition) is 1. The van der Waals surface area contributed by atoms with Crippen LogP contribution in [0, 0.1) is 6.92 Å². The topological polar surface area (TPSA) is 28.2 Å². The van der Waals surface area contributed by atoms with Gasteiger partial charge in [-0.1, -0.05) is 6.92 Å². The molecule has 0 bridgehead atoms. The van der Waals surface area contributed by atoms with E-state index in [2.05, 4.69) is 43.3 Å². The normalized spacial score (nSPS) is 26.2. The van der Waals surface area contributed by atoms with Crippen LogP contribution in [0.1, 0.15) is 57.1 Å². The molecule has 1 N–H and O–H groups in total. The third-order valence-corrected chi connectivity index (χ3v) is 4.78. The number of aromatic nitrogens is 1. The molecule has 0 amide bonds. The van der Waals surface area contributed by atoms with Crippen LogP contribution in [0.15, 0.2) is 12.3 Å². The highest BCUT2D eigenvalue weighted by atomic mass is 15.3. The van der Waals surface area contributed by atoms with E-state index < -0.39 is 0 Å². The van der Waals surface area contributed by atoms with E-state index in [9.17, 15) is 0 Å². The molecule has 2 heterocycles. The summed E-state index contributed by atoms with van der Waals surface area (Å²) in [5.41, 5.74) is 2.64. The lowest BCUT2D eigenvalue weighted by Crippen LogP contribution is -2.35. The van der Waals surface area contributed by atoms with E-state index in [1.165, 1.54) is 49.0 Å². The lowest BCUT2D eigenvalue weighted by molar-refractivity contribution is 0.618. The first-order chi connectivity index (χ1) is 9.69. The summed E-state index contributed by atoms with van der Waals surface area (Å²) in [5, 5.41) is 3.56. The van der Waals surface area contributed by atoms with Crippen molar-refractivity contribution in [3.05, 3.63) is 23.4 Å². The molecule has 110 valence electrons. The van der Waals surface area contributed by atoms with Gasteiger partial charge in [0.2, 0.25) is 0 Å². The lowest BCUT2D eigenvalue weighted by atomic mass is 10.1. The molecule has 3 nitrogen and oxygen atoms in total. The van der Waals surface area contributed by atoms with E-state index >= 15 is 0 Å². The van der Waals surface area contributed by atoms with Crippen LogP contribution in [0.2, 0.25) is 0 Å². The van der Waals surface area contributed by atoms with Crippen molar-refractivity contribution in [2.24, 2.45) is 0 Å². The second kappa shape index (κ2) is 5.72. The van der Waals surface area contributed by atoms with E-state index in [1.807, 2.05) is 0 Å². The van der Waals surface area contributed by atoms with Crippen molar-refractivity contribution in [2.75, 3.05) is 4.90 Å². The summed E-state index contributed by atoms with van der Waals surface area (Å²) in [6.45, 7) is 7.80. The largest absolute Gasteiger partial charge is 0.351 e. The maximum atomic E-state index is 4.79. The van der Waals surface area contributed by atoms with Crippen molar-refractivity contribution in [3.63, 3.8) is 0 Å². The third-order valence-electron chi connectivity index (χ3n) is 4.78. The predicted octanol–water partition coefficient (Wildman–Crippen LogP) is 3.41. The molecule has 2 atom stereocenters. The first-order valence-electron chi connectivity index (χ1n) is 8.16. The average molecular weight is 273 g/mol. The number of rotatable bonds is 5. The van der Waals surface area contributed by atoms with E-state index in [-0.39, 0.29) is 0 Å². The molecular weight excluding hydrogens is 246 g/mol. The maximum Gasteiger partial charge on any atom is 0.131 e. The molecule has 1 saturated heterocycles. The second-order valence-corrected chi connectivity index (χ2v) is 6.53. The van der Waals surface area contributed by atoms with Crippen molar-refractivity contribution in [2.45, 2.75) is 77.5 Å². The minimum atomic E-state index is 0.626. The van der Waals surface area contributed by atoms with Crippen molar-refractivity contribution in [1.82, 2.24) is 10.3 Å². The van der Waals surface area contributed by atoms with E-state index in [1.54, 1.807) is 0 Å². The molecule has 0 aromatic carbocycles. The summed E-state index contributed by atoms with van der Waals surface area (Å²) in [6, 6.07) is 4.38. The summed E-state index contributed by atoms with van der Waals surface area (Å²) in [4.78, 5) is 7.34. The van der Waals surface area contributed by atoms with Gasteiger partial charge in [0.1, 0.15) is 5.82 Å². The Bertz CT molecular complexity index is 467. The summed E-state index contributed by atoms with van der Waals surface area (Å²) in [5.74, 6) is 1.21. The Balaban J connectivity index is 1.75. The summed E-state index contributed by atoms with van der Waals surface area (Å²) < 4.78 is 0. The SMILES string of the molecule is CCC1CCC(C)N1c1ncc(CNC2CC2)cc1C. The minimum absolute atomic E-state index is 0.626. The van der Waals surface area contributed by atoms with Gasteiger partial charge in [0.15, 0.2) is 0 Å². The molecule has 1 aromatic heterocycles. The third kappa shape index (κ3) is 2.83. The van der Waals surface area contributed by atoms with Crippen LogP contribution in [0.5, 0.6) is 0 Å². The smallest absolute Gasteiger partial charge is 0.131 e. The minimum Gasteiger partial charge on any atom is -0.351 e. The van der Waals surface area contributed by atoms with Gasteiger partial charge < -0.3 is 10.2 Å². The second-order valence-electron chi connectivity index (χ2n) is 6.53. The molecule has 2 aliphatic rings. The number of nitrogens with zero attached hydrogens (tertiary/aromatic N) is 2. The monoisotopic (exact) mass is 273 g/mol. The standard InChI is InChI=1S/C17H27N3/c1-4-16-8-5-13(3)20(16)17-12(2)9-14(11-19-17)10-18-15-6-7-15/h9,11,13,15-16,18H,4-8,10H2,1-3H3. The summed E-state index contributed by atoms with van der Waals surface area (Å²) >= 11 is 0. The summed E-state index contributed by atoms with van der Waals surface area (Å²) in [6.07, 6.45) is 8.57. The molecule has 0 radical (unpaired) electrons. The van der Waals surface area contributed by atoms with E-state index in [0.29, 0.717) is 12.1 Å². The molecule has 1 saturated carbocycles. The fraction of sp³-hybridized carbons (Fsp3) is 0.706. The Morgan fingerprint density at radius 1 is 1.30 bits per heavy atom. The number of hydrogen-bond acceptors (Lipinski definition) is 3. The lowest BCUT2D eigenvalue weighted by Gasteiger charge is -2.30. The molecule has 0 spiro atoms. The van der Waals surface area contributed by atoms with Gasteiger partial charge in [0, 0.05) is 30.9 Å². The van der Waals surface area contributed by atoms with Crippen molar-refractivity contribution in [1.29, 1.82) is 0 Å². The molecule has 2 fully saturated rings. The first kappa shape index (κ1) is 13.9. The van der Waals surface area contributed by atoms with Crippen LogP contribution in [-0.4, -0.2) is 23.1 Å². The molecule has 2 unspecified atom stereocenters. The van der Waals surface area contributed by atoms with Crippen LogP contribution < -0.4 is 10.2 Å². The van der Waals surface area contributed by atoms with Gasteiger partial charge in [0.05, 0.1) is 0 Å². The number of aryl methyl sites for hydroxylation is 1. The average Bonchev–Trinajstić information content (AvgIpc) is 3.20. The van der Waals surface area contributed by atoms with Crippen LogP contribution in [0.4, 0.5) is 5.82 Å². The molecule has 1 aliphatic carbocycles. The fourth-order valence-electron chi connectivity index (χ4n) is 3.40. The Labute approximate surface area is 122 Å². The molecule has 3 rings (SSSR count). The molecule has 1 aliphatic heterocycles. The van der Waals surface area contributed by atoms with Gasteiger partial charge in [-0.2, -0.15) is 0 Å². The van der Waals surface area contributed by atoms with Gasteiger partial charge in [-0.05, 0) is 63.1 Å². The van der Waals surface area contributed by atoms with Gasteiger partial charge in [0.25, 0.3) is 0 Å². The zero-order chi connectivity index (χ0) is 14.1. The van der Waals surface area contributed by atoms with Crippen LogP contribution in [0.25, 0.3) is 0 Å². The van der Waals surface area contributed by atoms with Crippen LogP contribution in [0.3, 0.4) is 0 Å². The van der Waals surface area contributed by atoms with E-state index in [4.69, 9.17) is 4.98 Å². The highest BCUT2D eigenvalue weighted by Crippen LogP contribution is 2.32. The van der Waals surface area contributed by atoms with Crippen LogP contribution in [-0.2, 0) is 6.54 Å².